The second kappa shape index (κ2) is 8.95. The number of fused-ring (bicyclic) bond motifs is 2. The first-order valence-electron chi connectivity index (χ1n) is 10.2. The van der Waals surface area contributed by atoms with Gasteiger partial charge in [-0.05, 0) is 31.4 Å². The van der Waals surface area contributed by atoms with Crippen LogP contribution in [-0.4, -0.2) is 40.5 Å². The van der Waals surface area contributed by atoms with Crippen LogP contribution >= 0.6 is 0 Å². The maximum Gasteiger partial charge on any atom is 0.193 e. The fraction of sp³-hybridized carbons (Fsp3) is 0.550. The van der Waals surface area contributed by atoms with Gasteiger partial charge >= 0.3 is 0 Å². The number of hydrogen-bond donors (Lipinski definition) is 2. The molecule has 0 saturated heterocycles. The summed E-state index contributed by atoms with van der Waals surface area (Å²) in [6, 6.07) is 5.71. The summed E-state index contributed by atoms with van der Waals surface area (Å²) in [7, 11) is 0. The molecule has 0 aliphatic carbocycles. The Morgan fingerprint density at radius 2 is 2.00 bits per heavy atom. The Bertz CT molecular complexity index is 832. The topological polar surface area (TPSA) is 99.6 Å². The first-order valence-corrected chi connectivity index (χ1v) is 10.2. The van der Waals surface area contributed by atoms with Crippen LogP contribution in [0.3, 0.4) is 0 Å². The molecule has 1 aromatic carbocycles. The molecule has 3 heterocycles. The van der Waals surface area contributed by atoms with E-state index in [9.17, 15) is 0 Å². The standard InChI is InChI=1S/C20H28N6O2/c21-20(23-15-8-9-16-17(14-15)28-13-5-12-27-16)22-10-4-7-19-25-24-18-6-2-1-3-11-26(18)19/h8-9,14H,1-7,10-13H2,(H3,21,22,23). The highest BCUT2D eigenvalue weighted by Gasteiger charge is 2.14. The van der Waals surface area contributed by atoms with Crippen molar-refractivity contribution >= 4 is 11.6 Å². The summed E-state index contributed by atoms with van der Waals surface area (Å²) in [5, 5.41) is 11.8. The molecule has 1 aromatic heterocycles. The molecule has 2 aliphatic rings. The molecular formula is C20H28N6O2. The van der Waals surface area contributed by atoms with Gasteiger partial charge < -0.3 is 25.1 Å². The van der Waals surface area contributed by atoms with Gasteiger partial charge in [-0.15, -0.1) is 10.2 Å². The number of nitrogens with one attached hydrogen (secondary N) is 1. The van der Waals surface area contributed by atoms with Gasteiger partial charge in [0, 0.05) is 44.1 Å². The number of guanidine groups is 1. The summed E-state index contributed by atoms with van der Waals surface area (Å²) >= 11 is 0. The van der Waals surface area contributed by atoms with E-state index in [1.807, 2.05) is 18.2 Å². The largest absolute Gasteiger partial charge is 0.490 e. The van der Waals surface area contributed by atoms with Crippen LogP contribution in [0.25, 0.3) is 0 Å². The Hall–Kier alpha value is -2.77. The first-order chi connectivity index (χ1) is 13.8. The van der Waals surface area contributed by atoms with Crippen molar-refractivity contribution in [2.75, 3.05) is 25.1 Å². The van der Waals surface area contributed by atoms with Crippen LogP contribution < -0.4 is 20.5 Å². The van der Waals surface area contributed by atoms with Crippen molar-refractivity contribution < 1.29 is 9.47 Å². The lowest BCUT2D eigenvalue weighted by Gasteiger charge is -2.10. The number of anilines is 1. The molecule has 0 radical (unpaired) electrons. The second-order valence-electron chi connectivity index (χ2n) is 7.20. The first kappa shape index (κ1) is 18.6. The maximum absolute atomic E-state index is 6.04. The monoisotopic (exact) mass is 384 g/mol. The van der Waals surface area contributed by atoms with E-state index in [2.05, 4.69) is 25.1 Å². The van der Waals surface area contributed by atoms with Crippen molar-refractivity contribution in [3.05, 3.63) is 29.8 Å². The Morgan fingerprint density at radius 1 is 1.11 bits per heavy atom. The van der Waals surface area contributed by atoms with E-state index in [0.29, 0.717) is 25.7 Å². The highest BCUT2D eigenvalue weighted by molar-refractivity contribution is 5.92. The molecule has 150 valence electrons. The molecule has 0 spiro atoms. The highest BCUT2D eigenvalue weighted by Crippen LogP contribution is 2.32. The minimum atomic E-state index is 0.398. The Morgan fingerprint density at radius 3 is 2.93 bits per heavy atom. The van der Waals surface area contributed by atoms with E-state index in [4.69, 9.17) is 15.2 Å². The van der Waals surface area contributed by atoms with Crippen molar-refractivity contribution in [1.82, 2.24) is 14.8 Å². The number of aryl methyl sites for hydroxylation is 2. The molecule has 3 N–H and O–H groups in total. The number of aliphatic imine (C=N–C) groups is 1. The predicted molar refractivity (Wildman–Crippen MR) is 108 cm³/mol. The third-order valence-electron chi connectivity index (χ3n) is 5.05. The van der Waals surface area contributed by atoms with E-state index < -0.39 is 0 Å². The molecule has 2 aliphatic heterocycles. The smallest absolute Gasteiger partial charge is 0.193 e. The van der Waals surface area contributed by atoms with Gasteiger partial charge in [-0.2, -0.15) is 0 Å². The molecule has 0 bridgehead atoms. The van der Waals surface area contributed by atoms with E-state index in [1.54, 1.807) is 0 Å². The summed E-state index contributed by atoms with van der Waals surface area (Å²) in [5.41, 5.74) is 6.88. The zero-order valence-corrected chi connectivity index (χ0v) is 16.2. The highest BCUT2D eigenvalue weighted by atomic mass is 16.5. The van der Waals surface area contributed by atoms with Gasteiger partial charge in [0.15, 0.2) is 17.5 Å². The summed E-state index contributed by atoms with van der Waals surface area (Å²) in [6.45, 7) is 3.02. The number of nitrogens with zero attached hydrogens (tertiary/aromatic N) is 4. The van der Waals surface area contributed by atoms with Gasteiger partial charge in [-0.1, -0.05) is 6.42 Å². The molecule has 0 amide bonds. The SMILES string of the molecule is NC(=NCCCc1nnc2n1CCCCC2)Nc1ccc2c(c1)OCCCO2. The maximum atomic E-state index is 6.04. The normalized spacial score (nSPS) is 16.8. The Labute approximate surface area is 165 Å². The van der Waals surface area contributed by atoms with Crippen LogP contribution in [0.15, 0.2) is 23.2 Å². The number of rotatable bonds is 5. The van der Waals surface area contributed by atoms with Gasteiger partial charge in [0.05, 0.1) is 13.2 Å². The van der Waals surface area contributed by atoms with Gasteiger partial charge in [-0.3, -0.25) is 4.99 Å². The number of nitrogens with two attached hydrogens (primary N) is 1. The van der Waals surface area contributed by atoms with Gasteiger partial charge in [0.25, 0.3) is 0 Å². The average molecular weight is 384 g/mol. The molecule has 8 nitrogen and oxygen atoms in total. The van der Waals surface area contributed by atoms with Crippen LogP contribution in [0.5, 0.6) is 11.5 Å². The fourth-order valence-corrected chi connectivity index (χ4v) is 3.60. The van der Waals surface area contributed by atoms with Gasteiger partial charge in [0.2, 0.25) is 0 Å². The molecule has 4 rings (SSSR count). The third kappa shape index (κ3) is 4.55. The number of aromatic nitrogens is 3. The van der Waals surface area contributed by atoms with Crippen molar-refractivity contribution in [2.45, 2.75) is 51.5 Å². The summed E-state index contributed by atoms with van der Waals surface area (Å²) < 4.78 is 13.6. The number of hydrogen-bond acceptors (Lipinski definition) is 5. The zero-order valence-electron chi connectivity index (χ0n) is 16.2. The van der Waals surface area contributed by atoms with E-state index in [-0.39, 0.29) is 0 Å². The van der Waals surface area contributed by atoms with E-state index in [1.165, 1.54) is 19.3 Å². The Balaban J connectivity index is 1.28. The number of benzene rings is 1. The van der Waals surface area contributed by atoms with Crippen LogP contribution in [0.4, 0.5) is 5.69 Å². The average Bonchev–Trinajstić information content (AvgIpc) is 2.88. The summed E-state index contributed by atoms with van der Waals surface area (Å²) in [6.07, 6.45) is 7.38. The van der Waals surface area contributed by atoms with Crippen LogP contribution in [-0.2, 0) is 19.4 Å². The molecule has 28 heavy (non-hydrogen) atoms. The minimum Gasteiger partial charge on any atom is -0.490 e. The second-order valence-corrected chi connectivity index (χ2v) is 7.20. The lowest BCUT2D eigenvalue weighted by Crippen LogP contribution is -2.23. The summed E-state index contributed by atoms with van der Waals surface area (Å²) in [4.78, 5) is 4.43. The molecule has 0 atom stereocenters. The quantitative estimate of drug-likeness (QED) is 0.467. The van der Waals surface area contributed by atoms with Crippen molar-refractivity contribution in [3.63, 3.8) is 0 Å². The third-order valence-corrected chi connectivity index (χ3v) is 5.05. The minimum absolute atomic E-state index is 0.398. The lowest BCUT2D eigenvalue weighted by atomic mass is 10.2. The van der Waals surface area contributed by atoms with E-state index in [0.717, 1.165) is 61.1 Å². The number of ether oxygens (including phenoxy) is 2. The molecule has 0 saturated carbocycles. The fourth-order valence-electron chi connectivity index (χ4n) is 3.60. The van der Waals surface area contributed by atoms with Gasteiger partial charge in [-0.25, -0.2) is 0 Å². The van der Waals surface area contributed by atoms with Crippen molar-refractivity contribution in [3.8, 4) is 11.5 Å². The lowest BCUT2D eigenvalue weighted by molar-refractivity contribution is 0.297. The van der Waals surface area contributed by atoms with E-state index >= 15 is 0 Å². The van der Waals surface area contributed by atoms with Crippen LogP contribution in [0.1, 0.15) is 43.8 Å². The Kier molecular flexibility index (Phi) is 5.94. The van der Waals surface area contributed by atoms with Crippen LogP contribution in [0.2, 0.25) is 0 Å². The van der Waals surface area contributed by atoms with Crippen molar-refractivity contribution in [1.29, 1.82) is 0 Å². The van der Waals surface area contributed by atoms with Crippen LogP contribution in [0, 0.1) is 0 Å². The molecule has 8 heteroatoms. The molecule has 0 unspecified atom stereocenters. The predicted octanol–water partition coefficient (Wildman–Crippen LogP) is 2.53. The molecular weight excluding hydrogens is 356 g/mol. The summed E-state index contributed by atoms with van der Waals surface area (Å²) in [5.74, 6) is 4.11. The zero-order chi connectivity index (χ0) is 19.2. The molecule has 0 fully saturated rings. The molecule has 2 aromatic rings. The van der Waals surface area contributed by atoms with Crippen molar-refractivity contribution in [2.24, 2.45) is 10.7 Å². The van der Waals surface area contributed by atoms with Gasteiger partial charge in [0.1, 0.15) is 11.6 Å².